The van der Waals surface area contributed by atoms with Crippen LogP contribution < -0.4 is 0 Å². The third kappa shape index (κ3) is 1.65. The van der Waals surface area contributed by atoms with Crippen molar-refractivity contribution in [3.63, 3.8) is 0 Å². The average Bonchev–Trinajstić information content (AvgIpc) is 2.19. The summed E-state index contributed by atoms with van der Waals surface area (Å²) in [5.74, 6) is 0.136. The molecule has 2 nitrogen and oxygen atoms in total. The van der Waals surface area contributed by atoms with Crippen LogP contribution >= 0.6 is 11.6 Å². The Morgan fingerprint density at radius 1 is 1.43 bits per heavy atom. The fourth-order valence-electron chi connectivity index (χ4n) is 2.06. The summed E-state index contributed by atoms with van der Waals surface area (Å²) in [7, 11) is 0. The van der Waals surface area contributed by atoms with E-state index in [0.717, 1.165) is 17.5 Å². The summed E-state index contributed by atoms with van der Waals surface area (Å²) in [4.78, 5) is 0. The van der Waals surface area contributed by atoms with Gasteiger partial charge in [-0.15, -0.1) is 0 Å². The highest BCUT2D eigenvalue weighted by Crippen LogP contribution is 2.36. The van der Waals surface area contributed by atoms with Crippen molar-refractivity contribution in [2.24, 2.45) is 5.92 Å². The van der Waals surface area contributed by atoms with Gasteiger partial charge in [-0.3, -0.25) is 0 Å². The number of benzene rings is 1. The van der Waals surface area contributed by atoms with Crippen molar-refractivity contribution < 1.29 is 10.2 Å². The number of fused-ring (bicyclic) bond motifs is 1. The molecule has 2 rings (SSSR count). The predicted molar refractivity (Wildman–Crippen MR) is 55.3 cm³/mol. The van der Waals surface area contributed by atoms with E-state index in [2.05, 4.69) is 0 Å². The third-order valence-electron chi connectivity index (χ3n) is 2.82. The van der Waals surface area contributed by atoms with Crippen LogP contribution in [-0.4, -0.2) is 16.8 Å². The van der Waals surface area contributed by atoms with Crippen molar-refractivity contribution >= 4 is 11.6 Å². The highest BCUT2D eigenvalue weighted by Gasteiger charge is 2.26. The first-order valence-corrected chi connectivity index (χ1v) is 5.16. The number of hydrogen-bond donors (Lipinski definition) is 2. The molecular weight excluding hydrogens is 200 g/mol. The molecule has 0 heterocycles. The summed E-state index contributed by atoms with van der Waals surface area (Å²) in [5, 5.41) is 19.6. The van der Waals surface area contributed by atoms with E-state index < -0.39 is 6.10 Å². The zero-order chi connectivity index (χ0) is 10.1. The Bertz CT molecular complexity index is 338. The molecule has 1 aromatic rings. The summed E-state index contributed by atoms with van der Waals surface area (Å²) in [6.45, 7) is 0.113. The summed E-state index contributed by atoms with van der Waals surface area (Å²) in [6, 6.07) is 5.58. The zero-order valence-electron chi connectivity index (χ0n) is 7.78. The number of aliphatic hydroxyl groups is 2. The van der Waals surface area contributed by atoms with Gasteiger partial charge in [0.25, 0.3) is 0 Å². The van der Waals surface area contributed by atoms with Gasteiger partial charge in [-0.25, -0.2) is 0 Å². The van der Waals surface area contributed by atoms with Gasteiger partial charge in [0.15, 0.2) is 0 Å². The molecule has 0 aliphatic heterocycles. The van der Waals surface area contributed by atoms with Gasteiger partial charge >= 0.3 is 0 Å². The lowest BCUT2D eigenvalue weighted by molar-refractivity contribution is 0.104. The average molecular weight is 213 g/mol. The monoisotopic (exact) mass is 212 g/mol. The first-order chi connectivity index (χ1) is 6.72. The van der Waals surface area contributed by atoms with Gasteiger partial charge in [-0.1, -0.05) is 23.7 Å². The van der Waals surface area contributed by atoms with Crippen molar-refractivity contribution in [2.75, 3.05) is 6.61 Å². The number of halogens is 1. The molecule has 76 valence electrons. The lowest BCUT2D eigenvalue weighted by Gasteiger charge is -2.28. The normalized spacial score (nSPS) is 25.9. The molecule has 0 radical (unpaired) electrons. The summed E-state index contributed by atoms with van der Waals surface area (Å²) >= 11 is 6.04. The molecule has 14 heavy (non-hydrogen) atoms. The van der Waals surface area contributed by atoms with Crippen LogP contribution in [0.5, 0.6) is 0 Å². The summed E-state index contributed by atoms with van der Waals surface area (Å²) in [5.41, 5.74) is 1.91. The van der Waals surface area contributed by atoms with Gasteiger partial charge in [-0.2, -0.15) is 0 Å². The molecule has 0 saturated heterocycles. The van der Waals surface area contributed by atoms with Gasteiger partial charge in [-0.05, 0) is 36.0 Å². The van der Waals surface area contributed by atoms with Crippen LogP contribution in [0.25, 0.3) is 0 Å². The second-order valence-corrected chi connectivity index (χ2v) is 4.22. The predicted octanol–water partition coefficient (Wildman–Crippen LogP) is 1.93. The smallest absolute Gasteiger partial charge is 0.0796 e. The molecule has 0 amide bonds. The molecule has 0 bridgehead atoms. The van der Waals surface area contributed by atoms with Gasteiger partial charge in [0.1, 0.15) is 0 Å². The van der Waals surface area contributed by atoms with Crippen molar-refractivity contribution in [2.45, 2.75) is 18.9 Å². The molecule has 0 aromatic heterocycles. The van der Waals surface area contributed by atoms with E-state index >= 15 is 0 Å². The lowest BCUT2D eigenvalue weighted by atomic mass is 9.82. The molecule has 0 fully saturated rings. The maximum absolute atomic E-state index is 9.82. The zero-order valence-corrected chi connectivity index (χ0v) is 8.54. The Hall–Kier alpha value is -0.570. The molecule has 2 atom stereocenters. The first kappa shape index (κ1) is 9.97. The summed E-state index contributed by atoms with van der Waals surface area (Å²) in [6.07, 6.45) is 0.918. The molecule has 0 saturated carbocycles. The second kappa shape index (κ2) is 3.89. The van der Waals surface area contributed by atoms with Crippen molar-refractivity contribution in [1.82, 2.24) is 0 Å². The third-order valence-corrected chi connectivity index (χ3v) is 3.18. The highest BCUT2D eigenvalue weighted by atomic mass is 35.5. The van der Waals surface area contributed by atoms with E-state index in [4.69, 9.17) is 16.7 Å². The molecule has 3 heteroatoms. The SMILES string of the molecule is OCC1Cc2c(Cl)cccc2C(O)C1. The standard InChI is InChI=1S/C11H13ClO2/c12-10-3-1-2-8-9(10)4-7(6-13)5-11(8)14/h1-3,7,11,13-14H,4-6H2. The van der Waals surface area contributed by atoms with Crippen molar-refractivity contribution in [3.05, 3.63) is 34.3 Å². The fraction of sp³-hybridized carbons (Fsp3) is 0.455. The minimum Gasteiger partial charge on any atom is -0.396 e. The Morgan fingerprint density at radius 3 is 2.93 bits per heavy atom. The Morgan fingerprint density at radius 2 is 2.21 bits per heavy atom. The molecule has 1 aliphatic rings. The number of rotatable bonds is 1. The van der Waals surface area contributed by atoms with Crippen LogP contribution in [0.1, 0.15) is 23.7 Å². The van der Waals surface area contributed by atoms with Crippen LogP contribution in [0.3, 0.4) is 0 Å². The number of aliphatic hydroxyl groups excluding tert-OH is 2. The van der Waals surface area contributed by atoms with E-state index in [1.807, 2.05) is 18.2 Å². The van der Waals surface area contributed by atoms with E-state index in [0.29, 0.717) is 11.4 Å². The molecule has 2 N–H and O–H groups in total. The van der Waals surface area contributed by atoms with E-state index in [9.17, 15) is 5.11 Å². The minimum absolute atomic E-state index is 0.113. The van der Waals surface area contributed by atoms with Gasteiger partial charge < -0.3 is 10.2 Å². The Labute approximate surface area is 88.1 Å². The molecule has 1 aromatic carbocycles. The van der Waals surface area contributed by atoms with Crippen LogP contribution in [0.4, 0.5) is 0 Å². The molecule has 1 aliphatic carbocycles. The molecular formula is C11H13ClO2. The van der Waals surface area contributed by atoms with Gasteiger partial charge in [0.2, 0.25) is 0 Å². The van der Waals surface area contributed by atoms with E-state index in [-0.39, 0.29) is 12.5 Å². The molecule has 2 unspecified atom stereocenters. The Kier molecular flexibility index (Phi) is 2.77. The van der Waals surface area contributed by atoms with Crippen LogP contribution in [0.15, 0.2) is 18.2 Å². The van der Waals surface area contributed by atoms with Crippen LogP contribution in [-0.2, 0) is 6.42 Å². The Balaban J connectivity index is 2.40. The van der Waals surface area contributed by atoms with E-state index in [1.165, 1.54) is 0 Å². The highest BCUT2D eigenvalue weighted by molar-refractivity contribution is 6.31. The van der Waals surface area contributed by atoms with Crippen LogP contribution in [0.2, 0.25) is 5.02 Å². The molecule has 0 spiro atoms. The first-order valence-electron chi connectivity index (χ1n) is 4.78. The minimum atomic E-state index is -0.477. The quantitative estimate of drug-likeness (QED) is 0.747. The van der Waals surface area contributed by atoms with Crippen LogP contribution in [0, 0.1) is 5.92 Å². The van der Waals surface area contributed by atoms with Crippen molar-refractivity contribution in [3.8, 4) is 0 Å². The second-order valence-electron chi connectivity index (χ2n) is 3.81. The topological polar surface area (TPSA) is 40.5 Å². The van der Waals surface area contributed by atoms with Gasteiger partial charge in [0, 0.05) is 11.6 Å². The summed E-state index contributed by atoms with van der Waals surface area (Å²) < 4.78 is 0. The van der Waals surface area contributed by atoms with Crippen molar-refractivity contribution in [1.29, 1.82) is 0 Å². The fourth-order valence-corrected chi connectivity index (χ4v) is 2.32. The van der Waals surface area contributed by atoms with E-state index in [1.54, 1.807) is 0 Å². The maximum Gasteiger partial charge on any atom is 0.0796 e. The number of hydrogen-bond acceptors (Lipinski definition) is 2. The lowest BCUT2D eigenvalue weighted by Crippen LogP contribution is -2.21. The van der Waals surface area contributed by atoms with Gasteiger partial charge in [0.05, 0.1) is 6.10 Å². The largest absolute Gasteiger partial charge is 0.396 e. The maximum atomic E-state index is 9.82.